The number of rotatable bonds is 9. The molecule has 0 bridgehead atoms. The topological polar surface area (TPSA) is 101 Å². The van der Waals surface area contributed by atoms with E-state index >= 15 is 0 Å². The molecule has 0 aliphatic heterocycles. The van der Waals surface area contributed by atoms with Gasteiger partial charge < -0.3 is 10.4 Å². The van der Waals surface area contributed by atoms with Gasteiger partial charge >= 0.3 is 5.97 Å². The predicted octanol–water partition coefficient (Wildman–Crippen LogP) is 1.98. The Bertz CT molecular complexity index is 835. The summed E-state index contributed by atoms with van der Waals surface area (Å²) in [6, 6.07) is 16.4. The van der Waals surface area contributed by atoms with E-state index in [1.165, 1.54) is 0 Å². The fraction of sp³-hybridized carbons (Fsp3) is 0.263. The number of aryl methyl sites for hydroxylation is 1. The summed E-state index contributed by atoms with van der Waals surface area (Å²) in [5, 5.41) is 11.6. The first-order valence-corrected chi connectivity index (χ1v) is 10.0. The summed E-state index contributed by atoms with van der Waals surface area (Å²) < 4.78 is 24.2. The molecule has 0 spiro atoms. The van der Waals surface area contributed by atoms with Crippen LogP contribution in [0.4, 0.5) is 0 Å². The largest absolute Gasteiger partial charge is 0.479 e. The molecule has 0 aliphatic rings. The molecule has 26 heavy (non-hydrogen) atoms. The van der Waals surface area contributed by atoms with Gasteiger partial charge in [0.1, 0.15) is 5.75 Å². The fourth-order valence-electron chi connectivity index (χ4n) is 2.55. The number of carbonyl (C=O) groups is 2. The zero-order valence-electron chi connectivity index (χ0n) is 14.2. The maximum Gasteiger partial charge on any atom is 0.330 e. The maximum atomic E-state index is 12.1. The molecule has 1 amide bonds. The first-order valence-electron chi connectivity index (χ1n) is 8.19. The van der Waals surface area contributed by atoms with Crippen LogP contribution in [0.25, 0.3) is 0 Å². The van der Waals surface area contributed by atoms with Crippen LogP contribution in [-0.2, 0) is 25.8 Å². The van der Waals surface area contributed by atoms with E-state index in [1.54, 1.807) is 30.3 Å². The van der Waals surface area contributed by atoms with Crippen molar-refractivity contribution >= 4 is 21.7 Å². The van der Waals surface area contributed by atoms with Crippen molar-refractivity contribution < 1.29 is 23.1 Å². The number of benzene rings is 2. The first-order chi connectivity index (χ1) is 12.4. The number of carboxylic acids is 1. The van der Waals surface area contributed by atoms with E-state index in [0.717, 1.165) is 5.56 Å². The number of aliphatic carboxylic acids is 1. The summed E-state index contributed by atoms with van der Waals surface area (Å²) in [4.78, 5) is 23.4. The van der Waals surface area contributed by atoms with Gasteiger partial charge in [0.2, 0.25) is 5.91 Å². The zero-order valence-corrected chi connectivity index (χ0v) is 15.0. The minimum atomic E-state index is -3.61. The van der Waals surface area contributed by atoms with E-state index in [-0.39, 0.29) is 5.75 Å². The summed E-state index contributed by atoms with van der Waals surface area (Å²) in [5.74, 6) is -2.91. The highest BCUT2D eigenvalue weighted by molar-refractivity contribution is 7.92. The van der Waals surface area contributed by atoms with Crippen molar-refractivity contribution in [2.45, 2.75) is 18.9 Å². The van der Waals surface area contributed by atoms with Gasteiger partial charge in [-0.1, -0.05) is 60.7 Å². The minimum Gasteiger partial charge on any atom is -0.479 e. The van der Waals surface area contributed by atoms with Gasteiger partial charge in [0.15, 0.2) is 15.9 Å². The van der Waals surface area contributed by atoms with Crippen molar-refractivity contribution in [1.29, 1.82) is 0 Å². The molecule has 0 aliphatic carbocycles. The van der Waals surface area contributed by atoms with Gasteiger partial charge in [0.05, 0.1) is 5.75 Å². The van der Waals surface area contributed by atoms with Gasteiger partial charge in [-0.25, -0.2) is 13.2 Å². The van der Waals surface area contributed by atoms with Crippen LogP contribution >= 0.6 is 0 Å². The molecule has 138 valence electrons. The number of hydrogen-bond acceptors (Lipinski definition) is 4. The summed E-state index contributed by atoms with van der Waals surface area (Å²) in [5.41, 5.74) is 1.41. The van der Waals surface area contributed by atoms with E-state index in [9.17, 15) is 23.1 Å². The lowest BCUT2D eigenvalue weighted by Gasteiger charge is -2.15. The molecule has 2 aromatic carbocycles. The van der Waals surface area contributed by atoms with Crippen molar-refractivity contribution in [2.75, 3.05) is 11.5 Å². The number of sulfone groups is 1. The molecule has 1 atom stereocenters. The SMILES string of the molecule is O=C(CS(=O)(=O)CCCc1ccccc1)N[C@@H](C(=O)O)c1ccccc1. The second kappa shape index (κ2) is 9.15. The van der Waals surface area contributed by atoms with Gasteiger partial charge in [-0.3, -0.25) is 4.79 Å². The van der Waals surface area contributed by atoms with Crippen LogP contribution in [0.2, 0.25) is 0 Å². The Morgan fingerprint density at radius 1 is 0.962 bits per heavy atom. The molecule has 0 fully saturated rings. The maximum absolute atomic E-state index is 12.1. The second-order valence-electron chi connectivity index (χ2n) is 5.93. The number of carbonyl (C=O) groups excluding carboxylic acids is 1. The molecule has 0 heterocycles. The molecule has 0 saturated carbocycles. The van der Waals surface area contributed by atoms with Gasteiger partial charge in [-0.2, -0.15) is 0 Å². The van der Waals surface area contributed by atoms with Crippen molar-refractivity contribution in [1.82, 2.24) is 5.32 Å². The molecule has 0 radical (unpaired) electrons. The quantitative estimate of drug-likeness (QED) is 0.698. The van der Waals surface area contributed by atoms with E-state index < -0.39 is 33.5 Å². The van der Waals surface area contributed by atoms with Crippen LogP contribution in [0.5, 0.6) is 0 Å². The number of hydrogen-bond donors (Lipinski definition) is 2. The van der Waals surface area contributed by atoms with Crippen LogP contribution in [-0.4, -0.2) is 36.9 Å². The first kappa shape index (κ1) is 19.7. The average molecular weight is 375 g/mol. The molecule has 2 aromatic rings. The smallest absolute Gasteiger partial charge is 0.330 e. The molecule has 0 unspecified atom stereocenters. The van der Waals surface area contributed by atoms with E-state index in [1.807, 2.05) is 30.3 Å². The summed E-state index contributed by atoms with van der Waals surface area (Å²) >= 11 is 0. The molecule has 6 nitrogen and oxygen atoms in total. The third kappa shape index (κ3) is 6.33. The Labute approximate surface area is 152 Å². The van der Waals surface area contributed by atoms with Crippen molar-refractivity contribution in [3.63, 3.8) is 0 Å². The van der Waals surface area contributed by atoms with Gasteiger partial charge in [0.25, 0.3) is 0 Å². The van der Waals surface area contributed by atoms with E-state index in [2.05, 4.69) is 5.32 Å². The second-order valence-corrected chi connectivity index (χ2v) is 8.11. The highest BCUT2D eigenvalue weighted by Crippen LogP contribution is 2.13. The Hall–Kier alpha value is -2.67. The summed E-state index contributed by atoms with van der Waals surface area (Å²) in [7, 11) is -3.61. The molecule has 7 heteroatoms. The highest BCUT2D eigenvalue weighted by atomic mass is 32.2. The molecular weight excluding hydrogens is 354 g/mol. The van der Waals surface area contributed by atoms with Crippen molar-refractivity contribution in [3.8, 4) is 0 Å². The molecular formula is C19H21NO5S. The minimum absolute atomic E-state index is 0.127. The number of carboxylic acid groups (broad SMARTS) is 1. The third-order valence-electron chi connectivity index (χ3n) is 3.80. The number of nitrogens with one attached hydrogen (secondary N) is 1. The van der Waals surface area contributed by atoms with Crippen LogP contribution < -0.4 is 5.32 Å². The summed E-state index contributed by atoms with van der Waals surface area (Å²) in [6.45, 7) is 0. The normalized spacial score (nSPS) is 12.3. The summed E-state index contributed by atoms with van der Waals surface area (Å²) in [6.07, 6.45) is 1.00. The Morgan fingerprint density at radius 2 is 1.54 bits per heavy atom. The predicted molar refractivity (Wildman–Crippen MR) is 98.4 cm³/mol. The number of amides is 1. The van der Waals surface area contributed by atoms with Gasteiger partial charge in [-0.15, -0.1) is 0 Å². The lowest BCUT2D eigenvalue weighted by Crippen LogP contribution is -2.37. The van der Waals surface area contributed by atoms with E-state index in [4.69, 9.17) is 0 Å². The fourth-order valence-corrected chi connectivity index (χ4v) is 3.76. The van der Waals surface area contributed by atoms with Gasteiger partial charge in [-0.05, 0) is 24.0 Å². The monoisotopic (exact) mass is 375 g/mol. The van der Waals surface area contributed by atoms with Crippen LogP contribution in [0, 0.1) is 0 Å². The highest BCUT2D eigenvalue weighted by Gasteiger charge is 2.24. The molecule has 0 aromatic heterocycles. The molecule has 2 N–H and O–H groups in total. The molecule has 2 rings (SSSR count). The van der Waals surface area contributed by atoms with Crippen molar-refractivity contribution in [2.24, 2.45) is 0 Å². The zero-order chi connectivity index (χ0) is 19.0. The van der Waals surface area contributed by atoms with E-state index in [0.29, 0.717) is 18.4 Å². The Balaban J connectivity index is 1.89. The molecule has 0 saturated heterocycles. The van der Waals surface area contributed by atoms with Crippen LogP contribution in [0.1, 0.15) is 23.6 Å². The lowest BCUT2D eigenvalue weighted by atomic mass is 10.1. The van der Waals surface area contributed by atoms with Crippen molar-refractivity contribution in [3.05, 3.63) is 71.8 Å². The van der Waals surface area contributed by atoms with Crippen LogP contribution in [0.3, 0.4) is 0 Å². The Kier molecular flexibility index (Phi) is 6.91. The third-order valence-corrected chi connectivity index (χ3v) is 5.41. The van der Waals surface area contributed by atoms with Crippen LogP contribution in [0.15, 0.2) is 60.7 Å². The lowest BCUT2D eigenvalue weighted by molar-refractivity contribution is -0.141. The average Bonchev–Trinajstić information content (AvgIpc) is 2.60. The Morgan fingerprint density at radius 3 is 2.12 bits per heavy atom. The van der Waals surface area contributed by atoms with Gasteiger partial charge in [0, 0.05) is 0 Å². The standard InChI is InChI=1S/C19H21NO5S/c21-17(20-18(19(22)23)16-11-5-2-6-12-16)14-26(24,25)13-7-10-15-8-3-1-4-9-15/h1-6,8-9,11-12,18H,7,10,13-14H2,(H,20,21)(H,22,23)/t18-/m1/s1.